The van der Waals surface area contributed by atoms with Crippen LogP contribution in [0.2, 0.25) is 0 Å². The monoisotopic (exact) mass is 425 g/mol. The number of amides is 1. The van der Waals surface area contributed by atoms with E-state index in [-0.39, 0.29) is 5.91 Å². The van der Waals surface area contributed by atoms with Crippen LogP contribution in [0.25, 0.3) is 0 Å². The molecule has 2 fully saturated rings. The van der Waals surface area contributed by atoms with Gasteiger partial charge in [0.25, 0.3) is 5.91 Å². The molecule has 2 aliphatic rings. The summed E-state index contributed by atoms with van der Waals surface area (Å²) < 4.78 is 38.8. The van der Waals surface area contributed by atoms with Gasteiger partial charge in [0.2, 0.25) is 0 Å². The number of hydrogen-bond acceptors (Lipinski definition) is 6. The Labute approximate surface area is 170 Å². The maximum absolute atomic E-state index is 12.9. The molecule has 1 amide bonds. The van der Waals surface area contributed by atoms with Crippen LogP contribution in [-0.2, 0) is 6.18 Å². The van der Waals surface area contributed by atoms with Crippen LogP contribution in [0, 0.1) is 0 Å². The molecule has 0 atom stereocenters. The summed E-state index contributed by atoms with van der Waals surface area (Å²) in [5.41, 5.74) is 0.314. The summed E-state index contributed by atoms with van der Waals surface area (Å²) in [5, 5.41) is 5.94. The second kappa shape index (κ2) is 8.19. The van der Waals surface area contributed by atoms with E-state index < -0.39 is 11.7 Å². The van der Waals surface area contributed by atoms with E-state index in [4.69, 9.17) is 0 Å². The van der Waals surface area contributed by atoms with Crippen LogP contribution in [0.15, 0.2) is 29.6 Å². The topological polar surface area (TPSA) is 51.7 Å². The van der Waals surface area contributed by atoms with Crippen LogP contribution in [0.4, 0.5) is 24.0 Å². The fourth-order valence-corrected chi connectivity index (χ4v) is 4.43. The van der Waals surface area contributed by atoms with E-state index in [0.717, 1.165) is 43.4 Å². The number of nitrogens with one attached hydrogen (secondary N) is 1. The molecule has 2 aromatic rings. The first-order chi connectivity index (χ1) is 13.9. The van der Waals surface area contributed by atoms with Gasteiger partial charge in [-0.1, -0.05) is 6.07 Å². The average Bonchev–Trinajstić information content (AvgIpc) is 3.24. The molecule has 0 bridgehead atoms. The number of hydrogen-bond donors (Lipinski definition) is 1. The number of halogens is 3. The highest BCUT2D eigenvalue weighted by atomic mass is 32.1. The van der Waals surface area contributed by atoms with Crippen LogP contribution in [0.1, 0.15) is 16.1 Å². The van der Waals surface area contributed by atoms with Gasteiger partial charge in [0, 0.05) is 63.4 Å². The predicted molar refractivity (Wildman–Crippen MR) is 107 cm³/mol. The number of nitrogens with zero attached hydrogens (tertiary/aromatic N) is 4. The third kappa shape index (κ3) is 4.48. The van der Waals surface area contributed by atoms with Crippen LogP contribution < -0.4 is 15.1 Å². The second-order valence-electron chi connectivity index (χ2n) is 7.08. The minimum Gasteiger partial charge on any atom is -0.368 e. The van der Waals surface area contributed by atoms with Gasteiger partial charge in [-0.3, -0.25) is 4.79 Å². The van der Waals surface area contributed by atoms with Gasteiger partial charge < -0.3 is 20.0 Å². The first-order valence-electron chi connectivity index (χ1n) is 9.54. The lowest BCUT2D eigenvalue weighted by Crippen LogP contribution is -2.49. The van der Waals surface area contributed by atoms with Gasteiger partial charge in [0.1, 0.15) is 5.69 Å². The van der Waals surface area contributed by atoms with Crippen molar-refractivity contribution < 1.29 is 18.0 Å². The molecule has 0 radical (unpaired) electrons. The molecular weight excluding hydrogens is 403 g/mol. The number of benzene rings is 1. The highest BCUT2D eigenvalue weighted by Crippen LogP contribution is 2.32. The van der Waals surface area contributed by atoms with Gasteiger partial charge in [-0.05, 0) is 18.2 Å². The number of alkyl halides is 3. The van der Waals surface area contributed by atoms with Crippen molar-refractivity contribution in [3.63, 3.8) is 0 Å². The Balaban J connectivity index is 1.37. The Morgan fingerprint density at radius 3 is 2.45 bits per heavy atom. The third-order valence-electron chi connectivity index (χ3n) is 5.20. The van der Waals surface area contributed by atoms with Gasteiger partial charge in [-0.2, -0.15) is 13.2 Å². The van der Waals surface area contributed by atoms with E-state index in [2.05, 4.69) is 15.2 Å². The van der Waals surface area contributed by atoms with E-state index in [1.165, 1.54) is 17.4 Å². The average molecular weight is 425 g/mol. The summed E-state index contributed by atoms with van der Waals surface area (Å²) in [5.74, 6) is -0.119. The molecule has 0 unspecified atom stereocenters. The van der Waals surface area contributed by atoms with Gasteiger partial charge >= 0.3 is 6.18 Å². The van der Waals surface area contributed by atoms with Crippen molar-refractivity contribution in [2.75, 3.05) is 62.2 Å². The van der Waals surface area contributed by atoms with Crippen molar-refractivity contribution in [3.05, 3.63) is 40.9 Å². The molecule has 1 aromatic carbocycles. The minimum atomic E-state index is -4.36. The third-order valence-corrected chi connectivity index (χ3v) is 6.11. The van der Waals surface area contributed by atoms with Crippen molar-refractivity contribution >= 4 is 28.1 Å². The standard InChI is InChI=1S/C19H22F3N5OS/c20-19(21,22)14-2-1-3-15(12-14)25-8-10-26(11-9-25)17(28)16-13-29-18(24-16)27-6-4-23-5-7-27/h1-3,12-13,23H,4-11H2. The zero-order valence-electron chi connectivity index (χ0n) is 15.8. The Morgan fingerprint density at radius 2 is 1.76 bits per heavy atom. The van der Waals surface area contributed by atoms with Crippen LogP contribution >= 0.6 is 11.3 Å². The maximum atomic E-state index is 12.9. The molecule has 1 aromatic heterocycles. The van der Waals surface area contributed by atoms with E-state index in [0.29, 0.717) is 37.6 Å². The fourth-order valence-electron chi connectivity index (χ4n) is 3.57. The van der Waals surface area contributed by atoms with Crippen molar-refractivity contribution in [1.29, 1.82) is 0 Å². The number of anilines is 2. The lowest BCUT2D eigenvalue weighted by atomic mass is 10.1. The predicted octanol–water partition coefficient (Wildman–Crippen LogP) is 2.53. The summed E-state index contributed by atoms with van der Waals surface area (Å²) in [7, 11) is 0. The van der Waals surface area contributed by atoms with Crippen molar-refractivity contribution in [3.8, 4) is 0 Å². The number of aromatic nitrogens is 1. The molecule has 29 heavy (non-hydrogen) atoms. The Kier molecular flexibility index (Phi) is 5.64. The van der Waals surface area contributed by atoms with Crippen molar-refractivity contribution in [1.82, 2.24) is 15.2 Å². The normalized spacial score (nSPS) is 18.2. The summed E-state index contributed by atoms with van der Waals surface area (Å²) in [4.78, 5) is 23.1. The number of thiazole rings is 1. The van der Waals surface area contributed by atoms with Gasteiger partial charge in [-0.15, -0.1) is 11.3 Å². The first kappa shape index (κ1) is 20.0. The molecule has 2 saturated heterocycles. The van der Waals surface area contributed by atoms with Crippen molar-refractivity contribution in [2.45, 2.75) is 6.18 Å². The van der Waals surface area contributed by atoms with E-state index in [1.807, 2.05) is 4.90 Å². The molecule has 2 aliphatic heterocycles. The zero-order valence-corrected chi connectivity index (χ0v) is 16.6. The molecule has 0 spiro atoms. The summed E-state index contributed by atoms with van der Waals surface area (Å²) in [6.45, 7) is 5.43. The van der Waals surface area contributed by atoms with Crippen LogP contribution in [-0.4, -0.2) is 68.1 Å². The first-order valence-corrected chi connectivity index (χ1v) is 10.4. The van der Waals surface area contributed by atoms with Crippen molar-refractivity contribution in [2.24, 2.45) is 0 Å². The minimum absolute atomic E-state index is 0.119. The highest BCUT2D eigenvalue weighted by molar-refractivity contribution is 7.13. The SMILES string of the molecule is O=C(c1csc(N2CCNCC2)n1)N1CCN(c2cccc(C(F)(F)F)c2)CC1. The molecule has 0 saturated carbocycles. The number of carbonyl (C=O) groups excluding carboxylic acids is 1. The van der Waals surface area contributed by atoms with Gasteiger partial charge in [0.15, 0.2) is 5.13 Å². The molecular formula is C19H22F3N5OS. The van der Waals surface area contributed by atoms with Crippen LogP contribution in [0.5, 0.6) is 0 Å². The molecule has 10 heteroatoms. The number of carbonyl (C=O) groups is 1. The summed E-state index contributed by atoms with van der Waals surface area (Å²) in [6, 6.07) is 5.33. The molecule has 0 aliphatic carbocycles. The second-order valence-corrected chi connectivity index (χ2v) is 7.92. The van der Waals surface area contributed by atoms with Gasteiger partial charge in [0.05, 0.1) is 5.56 Å². The Hall–Kier alpha value is -2.33. The summed E-state index contributed by atoms with van der Waals surface area (Å²) >= 11 is 1.47. The van der Waals surface area contributed by atoms with Gasteiger partial charge in [-0.25, -0.2) is 4.98 Å². The van der Waals surface area contributed by atoms with E-state index in [1.54, 1.807) is 16.3 Å². The quantitative estimate of drug-likeness (QED) is 0.819. The zero-order chi connectivity index (χ0) is 20.4. The molecule has 4 rings (SSSR count). The smallest absolute Gasteiger partial charge is 0.368 e. The lowest BCUT2D eigenvalue weighted by Gasteiger charge is -2.36. The van der Waals surface area contributed by atoms with Crippen LogP contribution in [0.3, 0.4) is 0 Å². The molecule has 6 nitrogen and oxygen atoms in total. The Morgan fingerprint density at radius 1 is 1.03 bits per heavy atom. The highest BCUT2D eigenvalue weighted by Gasteiger charge is 2.31. The number of rotatable bonds is 3. The number of piperazine rings is 2. The molecule has 1 N–H and O–H groups in total. The lowest BCUT2D eigenvalue weighted by molar-refractivity contribution is -0.137. The van der Waals surface area contributed by atoms with E-state index in [9.17, 15) is 18.0 Å². The summed E-state index contributed by atoms with van der Waals surface area (Å²) in [6.07, 6.45) is -4.36. The molecule has 3 heterocycles. The largest absolute Gasteiger partial charge is 0.416 e. The fraction of sp³-hybridized carbons (Fsp3) is 0.474. The maximum Gasteiger partial charge on any atom is 0.416 e. The molecule has 156 valence electrons. The van der Waals surface area contributed by atoms with E-state index >= 15 is 0 Å². The Bertz CT molecular complexity index is 858.